The highest BCUT2D eigenvalue weighted by molar-refractivity contribution is 5.94. The maximum absolute atomic E-state index is 12.7. The zero-order chi connectivity index (χ0) is 17.6. The third-order valence-corrected chi connectivity index (χ3v) is 3.71. The molecule has 1 aromatic heterocycles. The maximum Gasteiger partial charge on any atom is 0.253 e. The summed E-state index contributed by atoms with van der Waals surface area (Å²) in [4.78, 5) is 14.4. The van der Waals surface area contributed by atoms with Gasteiger partial charge in [0.25, 0.3) is 5.91 Å². The predicted octanol–water partition coefficient (Wildman–Crippen LogP) is 2.33. The van der Waals surface area contributed by atoms with Crippen molar-refractivity contribution >= 4 is 5.91 Å². The van der Waals surface area contributed by atoms with Crippen molar-refractivity contribution in [2.75, 3.05) is 13.7 Å². The van der Waals surface area contributed by atoms with Gasteiger partial charge >= 0.3 is 0 Å². The second-order valence-corrected chi connectivity index (χ2v) is 5.54. The zero-order valence-electron chi connectivity index (χ0n) is 14.2. The van der Waals surface area contributed by atoms with Gasteiger partial charge < -0.3 is 9.64 Å². The van der Waals surface area contributed by atoms with E-state index in [1.807, 2.05) is 43.3 Å². The van der Waals surface area contributed by atoms with E-state index in [9.17, 15) is 4.79 Å². The molecular formula is C18H19N5O2. The maximum atomic E-state index is 12.7. The third-order valence-electron chi connectivity index (χ3n) is 3.71. The summed E-state index contributed by atoms with van der Waals surface area (Å²) < 4.78 is 6.95. The monoisotopic (exact) mass is 337 g/mol. The summed E-state index contributed by atoms with van der Waals surface area (Å²) in [5, 5.41) is 11.1. The Hall–Kier alpha value is -3.22. The topological polar surface area (TPSA) is 73.1 Å². The fourth-order valence-electron chi connectivity index (χ4n) is 2.48. The summed E-state index contributed by atoms with van der Waals surface area (Å²) in [5.41, 5.74) is 2.36. The first kappa shape index (κ1) is 16.6. The molecule has 25 heavy (non-hydrogen) atoms. The molecule has 0 N–H and O–H groups in total. The minimum atomic E-state index is -0.0659. The highest BCUT2D eigenvalue weighted by Crippen LogP contribution is 2.15. The molecule has 2 aromatic carbocycles. The third kappa shape index (κ3) is 4.00. The molecule has 3 rings (SSSR count). The molecule has 3 aromatic rings. The molecule has 0 aliphatic rings. The minimum Gasteiger partial charge on any atom is -0.494 e. The highest BCUT2D eigenvalue weighted by atomic mass is 16.5. The van der Waals surface area contributed by atoms with Gasteiger partial charge in [-0.15, -0.1) is 5.10 Å². The standard InChI is InChI=1S/C18H19N5O2/c1-3-25-17-9-7-14(8-10-17)12-22(2)18(24)15-5-4-6-16(11-15)23-13-19-20-21-23/h4-11,13H,3,12H2,1-2H3. The summed E-state index contributed by atoms with van der Waals surface area (Å²) in [7, 11) is 1.78. The van der Waals surface area contributed by atoms with Gasteiger partial charge in [-0.05, 0) is 53.2 Å². The fraction of sp³-hybridized carbons (Fsp3) is 0.222. The molecule has 7 nitrogen and oxygen atoms in total. The Balaban J connectivity index is 1.71. The summed E-state index contributed by atoms with van der Waals surface area (Å²) >= 11 is 0. The lowest BCUT2D eigenvalue weighted by atomic mass is 10.1. The van der Waals surface area contributed by atoms with Crippen molar-refractivity contribution in [1.82, 2.24) is 25.1 Å². The van der Waals surface area contributed by atoms with Crippen LogP contribution in [0.4, 0.5) is 0 Å². The lowest BCUT2D eigenvalue weighted by Crippen LogP contribution is -2.26. The molecule has 0 saturated heterocycles. The molecule has 0 aliphatic carbocycles. The number of tetrazole rings is 1. The van der Waals surface area contributed by atoms with Crippen LogP contribution in [0.25, 0.3) is 5.69 Å². The molecule has 0 unspecified atom stereocenters. The fourth-order valence-corrected chi connectivity index (χ4v) is 2.48. The van der Waals surface area contributed by atoms with E-state index in [0.29, 0.717) is 18.7 Å². The SMILES string of the molecule is CCOc1ccc(CN(C)C(=O)c2cccc(-n3cnnn3)c2)cc1. The average Bonchev–Trinajstić information content (AvgIpc) is 3.18. The van der Waals surface area contributed by atoms with Gasteiger partial charge in [-0.2, -0.15) is 0 Å². The summed E-state index contributed by atoms with van der Waals surface area (Å²) in [5.74, 6) is 0.762. The summed E-state index contributed by atoms with van der Waals surface area (Å²) in [6.45, 7) is 3.10. The van der Waals surface area contributed by atoms with E-state index in [2.05, 4.69) is 15.5 Å². The van der Waals surface area contributed by atoms with E-state index >= 15 is 0 Å². The van der Waals surface area contributed by atoms with Gasteiger partial charge in [0.1, 0.15) is 12.1 Å². The molecule has 1 amide bonds. The van der Waals surface area contributed by atoms with Gasteiger partial charge in [0.15, 0.2) is 0 Å². The van der Waals surface area contributed by atoms with Crippen LogP contribution in [0, 0.1) is 0 Å². The number of ether oxygens (including phenoxy) is 1. The number of carbonyl (C=O) groups is 1. The molecular weight excluding hydrogens is 318 g/mol. The number of rotatable bonds is 6. The van der Waals surface area contributed by atoms with Crippen molar-refractivity contribution in [2.24, 2.45) is 0 Å². The number of carbonyl (C=O) groups excluding carboxylic acids is 1. The van der Waals surface area contributed by atoms with E-state index in [1.165, 1.54) is 11.0 Å². The number of aromatic nitrogens is 4. The van der Waals surface area contributed by atoms with E-state index < -0.39 is 0 Å². The minimum absolute atomic E-state index is 0.0659. The van der Waals surface area contributed by atoms with Crippen molar-refractivity contribution in [3.8, 4) is 11.4 Å². The van der Waals surface area contributed by atoms with Gasteiger partial charge in [-0.25, -0.2) is 4.68 Å². The van der Waals surface area contributed by atoms with Gasteiger partial charge in [-0.3, -0.25) is 4.79 Å². The van der Waals surface area contributed by atoms with Crippen LogP contribution in [0.5, 0.6) is 5.75 Å². The molecule has 0 bridgehead atoms. The van der Waals surface area contributed by atoms with Crippen molar-refractivity contribution in [3.05, 3.63) is 66.0 Å². The number of amides is 1. The van der Waals surface area contributed by atoms with Gasteiger partial charge in [-0.1, -0.05) is 18.2 Å². The Kier molecular flexibility index (Phi) is 5.03. The zero-order valence-corrected chi connectivity index (χ0v) is 14.2. The van der Waals surface area contributed by atoms with Crippen molar-refractivity contribution in [2.45, 2.75) is 13.5 Å². The first-order valence-electron chi connectivity index (χ1n) is 7.98. The van der Waals surface area contributed by atoms with Crippen LogP contribution in [0.15, 0.2) is 54.9 Å². The Morgan fingerprint density at radius 2 is 2.00 bits per heavy atom. The van der Waals surface area contributed by atoms with E-state index in [0.717, 1.165) is 17.0 Å². The normalized spacial score (nSPS) is 10.5. The number of hydrogen-bond acceptors (Lipinski definition) is 5. The molecule has 0 fully saturated rings. The lowest BCUT2D eigenvalue weighted by molar-refractivity contribution is 0.0785. The molecule has 1 heterocycles. The van der Waals surface area contributed by atoms with Crippen molar-refractivity contribution < 1.29 is 9.53 Å². The van der Waals surface area contributed by atoms with E-state index in [4.69, 9.17) is 4.74 Å². The molecule has 0 aliphatic heterocycles. The highest BCUT2D eigenvalue weighted by Gasteiger charge is 2.13. The average molecular weight is 337 g/mol. The Morgan fingerprint density at radius 3 is 2.68 bits per heavy atom. The number of hydrogen-bond donors (Lipinski definition) is 0. The van der Waals surface area contributed by atoms with Gasteiger partial charge in [0.2, 0.25) is 0 Å². The van der Waals surface area contributed by atoms with E-state index in [1.54, 1.807) is 24.1 Å². The molecule has 0 radical (unpaired) electrons. The lowest BCUT2D eigenvalue weighted by Gasteiger charge is -2.18. The Morgan fingerprint density at radius 1 is 1.20 bits per heavy atom. The molecule has 128 valence electrons. The Labute approximate surface area is 145 Å². The summed E-state index contributed by atoms with van der Waals surface area (Å²) in [6.07, 6.45) is 1.49. The number of nitrogens with zero attached hydrogens (tertiary/aromatic N) is 5. The van der Waals surface area contributed by atoms with Crippen molar-refractivity contribution in [3.63, 3.8) is 0 Å². The first-order chi connectivity index (χ1) is 12.2. The largest absolute Gasteiger partial charge is 0.494 e. The van der Waals surface area contributed by atoms with Crippen LogP contribution >= 0.6 is 0 Å². The van der Waals surface area contributed by atoms with Gasteiger partial charge in [0.05, 0.1) is 12.3 Å². The molecule has 0 spiro atoms. The summed E-state index contributed by atoms with van der Waals surface area (Å²) in [6, 6.07) is 15.0. The first-order valence-corrected chi connectivity index (χ1v) is 7.98. The van der Waals surface area contributed by atoms with Crippen LogP contribution in [-0.4, -0.2) is 44.7 Å². The molecule has 7 heteroatoms. The van der Waals surface area contributed by atoms with Crippen LogP contribution in [-0.2, 0) is 6.54 Å². The number of benzene rings is 2. The molecule has 0 atom stereocenters. The Bertz CT molecular complexity index is 831. The molecule has 0 saturated carbocycles. The second kappa shape index (κ2) is 7.57. The van der Waals surface area contributed by atoms with Crippen LogP contribution in [0.2, 0.25) is 0 Å². The predicted molar refractivity (Wildman–Crippen MR) is 92.6 cm³/mol. The van der Waals surface area contributed by atoms with Gasteiger partial charge in [0, 0.05) is 19.2 Å². The van der Waals surface area contributed by atoms with Crippen LogP contribution in [0.1, 0.15) is 22.8 Å². The van der Waals surface area contributed by atoms with Crippen LogP contribution < -0.4 is 4.74 Å². The second-order valence-electron chi connectivity index (χ2n) is 5.54. The smallest absolute Gasteiger partial charge is 0.253 e. The van der Waals surface area contributed by atoms with Crippen LogP contribution in [0.3, 0.4) is 0 Å². The quantitative estimate of drug-likeness (QED) is 0.690. The van der Waals surface area contributed by atoms with E-state index in [-0.39, 0.29) is 5.91 Å². The van der Waals surface area contributed by atoms with Crippen molar-refractivity contribution in [1.29, 1.82) is 0 Å².